The third-order valence-corrected chi connectivity index (χ3v) is 4.68. The first-order valence-corrected chi connectivity index (χ1v) is 9.20. The molecule has 7 heteroatoms. The Labute approximate surface area is 155 Å². The molecule has 2 rings (SSSR count). The lowest BCUT2D eigenvalue weighted by Crippen LogP contribution is -2.35. The molecule has 1 aromatic heterocycles. The molecule has 0 radical (unpaired) electrons. The second-order valence-electron chi connectivity index (χ2n) is 8.58. The minimum absolute atomic E-state index is 0.0135. The Kier molecular flexibility index (Phi) is 6.21. The molecule has 7 nitrogen and oxygen atoms in total. The number of anilines is 1. The zero-order valence-electron chi connectivity index (χ0n) is 16.5. The standard InChI is InChI=1S/C19H31N5O2/c1-19(2,3)10-15-14(16(20)25)11-21-18(23-15)22-13-8-6-12(7-9-13)17(26)24(4)5/h11-13H,6-10H2,1-5H3,(H2,20,25)(H,21,22,23). The van der Waals surface area contributed by atoms with Gasteiger partial charge in [0.15, 0.2) is 0 Å². The van der Waals surface area contributed by atoms with Crippen LogP contribution in [0.2, 0.25) is 0 Å². The molecular weight excluding hydrogens is 330 g/mol. The van der Waals surface area contributed by atoms with Crippen LogP contribution in [0.5, 0.6) is 0 Å². The number of nitrogens with two attached hydrogens (primary N) is 1. The van der Waals surface area contributed by atoms with Crippen molar-refractivity contribution in [1.29, 1.82) is 0 Å². The van der Waals surface area contributed by atoms with Crippen LogP contribution in [0.25, 0.3) is 0 Å². The quantitative estimate of drug-likeness (QED) is 0.837. The maximum Gasteiger partial charge on any atom is 0.252 e. The molecule has 144 valence electrons. The summed E-state index contributed by atoms with van der Waals surface area (Å²) < 4.78 is 0. The lowest BCUT2D eigenvalue weighted by molar-refractivity contribution is -0.133. The van der Waals surface area contributed by atoms with E-state index in [-0.39, 0.29) is 23.3 Å². The summed E-state index contributed by atoms with van der Waals surface area (Å²) >= 11 is 0. The van der Waals surface area contributed by atoms with Gasteiger partial charge in [0.05, 0.1) is 11.3 Å². The van der Waals surface area contributed by atoms with Gasteiger partial charge in [0.25, 0.3) is 5.91 Å². The van der Waals surface area contributed by atoms with Crippen molar-refractivity contribution in [2.24, 2.45) is 17.1 Å². The summed E-state index contributed by atoms with van der Waals surface area (Å²) in [6.07, 6.45) is 5.69. The zero-order valence-corrected chi connectivity index (χ0v) is 16.5. The number of primary amides is 1. The Morgan fingerprint density at radius 2 is 1.85 bits per heavy atom. The van der Waals surface area contributed by atoms with Crippen LogP contribution in [0, 0.1) is 11.3 Å². The Balaban J connectivity index is 2.05. The highest BCUT2D eigenvalue weighted by atomic mass is 16.2. The summed E-state index contributed by atoms with van der Waals surface area (Å²) in [5.41, 5.74) is 6.51. The molecular formula is C19H31N5O2. The summed E-state index contributed by atoms with van der Waals surface area (Å²) in [6, 6.07) is 0.239. The highest BCUT2D eigenvalue weighted by Gasteiger charge is 2.28. The average molecular weight is 361 g/mol. The van der Waals surface area contributed by atoms with Gasteiger partial charge >= 0.3 is 0 Å². The van der Waals surface area contributed by atoms with Crippen LogP contribution in [0.1, 0.15) is 62.5 Å². The Bertz CT molecular complexity index is 658. The number of hydrogen-bond donors (Lipinski definition) is 2. The third kappa shape index (κ3) is 5.41. The lowest BCUT2D eigenvalue weighted by atomic mass is 9.85. The molecule has 2 amide bonds. The molecule has 26 heavy (non-hydrogen) atoms. The van der Waals surface area contributed by atoms with Gasteiger partial charge in [-0.05, 0) is 37.5 Å². The van der Waals surface area contributed by atoms with Crippen LogP contribution in [-0.4, -0.2) is 46.8 Å². The lowest BCUT2D eigenvalue weighted by Gasteiger charge is -2.30. The number of aromatic nitrogens is 2. The van der Waals surface area contributed by atoms with Crippen LogP contribution in [0.15, 0.2) is 6.20 Å². The normalized spacial score (nSPS) is 20.5. The molecule has 0 saturated heterocycles. The minimum atomic E-state index is -0.501. The van der Waals surface area contributed by atoms with Crippen molar-refractivity contribution in [3.8, 4) is 0 Å². The molecule has 1 aliphatic rings. The van der Waals surface area contributed by atoms with Crippen molar-refractivity contribution < 1.29 is 9.59 Å². The van der Waals surface area contributed by atoms with E-state index >= 15 is 0 Å². The fourth-order valence-electron chi connectivity index (χ4n) is 3.36. The van der Waals surface area contributed by atoms with E-state index in [0.29, 0.717) is 23.6 Å². The average Bonchev–Trinajstić information content (AvgIpc) is 2.53. The molecule has 1 aromatic rings. The fraction of sp³-hybridized carbons (Fsp3) is 0.684. The molecule has 0 unspecified atom stereocenters. The van der Waals surface area contributed by atoms with Gasteiger partial charge in [0.1, 0.15) is 0 Å². The van der Waals surface area contributed by atoms with Crippen LogP contribution < -0.4 is 11.1 Å². The summed E-state index contributed by atoms with van der Waals surface area (Å²) in [4.78, 5) is 34.2. The van der Waals surface area contributed by atoms with Gasteiger partial charge in [-0.2, -0.15) is 0 Å². The molecule has 1 aliphatic carbocycles. The molecule has 3 N–H and O–H groups in total. The molecule has 0 bridgehead atoms. The van der Waals surface area contributed by atoms with Crippen molar-refractivity contribution in [3.63, 3.8) is 0 Å². The van der Waals surface area contributed by atoms with Crippen LogP contribution >= 0.6 is 0 Å². The smallest absolute Gasteiger partial charge is 0.252 e. The van der Waals surface area contributed by atoms with E-state index in [1.165, 1.54) is 6.20 Å². The summed E-state index contributed by atoms with van der Waals surface area (Å²) in [6.45, 7) is 6.28. The highest BCUT2D eigenvalue weighted by molar-refractivity contribution is 5.93. The van der Waals surface area contributed by atoms with Gasteiger partial charge in [-0.15, -0.1) is 0 Å². The molecule has 1 fully saturated rings. The monoisotopic (exact) mass is 361 g/mol. The van der Waals surface area contributed by atoms with E-state index < -0.39 is 5.91 Å². The van der Waals surface area contributed by atoms with E-state index in [9.17, 15) is 9.59 Å². The van der Waals surface area contributed by atoms with E-state index in [2.05, 4.69) is 36.1 Å². The van der Waals surface area contributed by atoms with Crippen LogP contribution in [0.3, 0.4) is 0 Å². The van der Waals surface area contributed by atoms with Gasteiger partial charge in [0.2, 0.25) is 11.9 Å². The van der Waals surface area contributed by atoms with Crippen LogP contribution in [0.4, 0.5) is 5.95 Å². The molecule has 1 saturated carbocycles. The first-order chi connectivity index (χ1) is 12.1. The Morgan fingerprint density at radius 1 is 1.23 bits per heavy atom. The van der Waals surface area contributed by atoms with Gasteiger partial charge < -0.3 is 16.0 Å². The predicted molar refractivity (Wildman–Crippen MR) is 102 cm³/mol. The number of rotatable bonds is 5. The fourth-order valence-corrected chi connectivity index (χ4v) is 3.36. The summed E-state index contributed by atoms with van der Waals surface area (Å²) in [7, 11) is 3.61. The van der Waals surface area contributed by atoms with Gasteiger partial charge in [-0.1, -0.05) is 20.8 Å². The Morgan fingerprint density at radius 3 is 2.35 bits per heavy atom. The van der Waals surface area contributed by atoms with Gasteiger partial charge in [-0.25, -0.2) is 9.97 Å². The zero-order chi connectivity index (χ0) is 19.5. The number of carbonyl (C=O) groups is 2. The number of hydrogen-bond acceptors (Lipinski definition) is 5. The largest absolute Gasteiger partial charge is 0.365 e. The molecule has 0 atom stereocenters. The van der Waals surface area contributed by atoms with E-state index in [1.54, 1.807) is 19.0 Å². The highest BCUT2D eigenvalue weighted by Crippen LogP contribution is 2.28. The first kappa shape index (κ1) is 20.1. The van der Waals surface area contributed by atoms with Gasteiger partial charge in [-0.3, -0.25) is 9.59 Å². The van der Waals surface area contributed by atoms with Crippen LogP contribution in [-0.2, 0) is 11.2 Å². The SMILES string of the molecule is CN(C)C(=O)C1CCC(Nc2ncc(C(N)=O)c(CC(C)(C)C)n2)CC1. The summed E-state index contributed by atoms with van der Waals surface area (Å²) in [5, 5.41) is 3.36. The van der Waals surface area contributed by atoms with E-state index in [0.717, 1.165) is 25.7 Å². The van der Waals surface area contributed by atoms with Crippen molar-refractivity contribution >= 4 is 17.8 Å². The second-order valence-corrected chi connectivity index (χ2v) is 8.58. The number of carbonyl (C=O) groups excluding carboxylic acids is 2. The molecule has 0 spiro atoms. The van der Waals surface area contributed by atoms with Crippen molar-refractivity contribution in [2.75, 3.05) is 19.4 Å². The first-order valence-electron chi connectivity index (χ1n) is 9.20. The molecule has 0 aliphatic heterocycles. The second kappa shape index (κ2) is 8.01. The Hall–Kier alpha value is -2.18. The molecule has 1 heterocycles. The van der Waals surface area contributed by atoms with Crippen molar-refractivity contribution in [2.45, 2.75) is 58.9 Å². The maximum atomic E-state index is 12.1. The maximum absolute atomic E-state index is 12.1. The molecule has 0 aromatic carbocycles. The van der Waals surface area contributed by atoms with Gasteiger partial charge in [0, 0.05) is 32.3 Å². The minimum Gasteiger partial charge on any atom is -0.365 e. The van der Waals surface area contributed by atoms with E-state index in [1.807, 2.05) is 0 Å². The number of nitrogens with zero attached hydrogens (tertiary/aromatic N) is 3. The predicted octanol–water partition coefficient (Wildman–Crippen LogP) is 2.22. The third-order valence-electron chi connectivity index (χ3n) is 4.68. The van der Waals surface area contributed by atoms with Crippen molar-refractivity contribution in [3.05, 3.63) is 17.5 Å². The number of nitrogens with one attached hydrogen (secondary N) is 1. The topological polar surface area (TPSA) is 101 Å². The van der Waals surface area contributed by atoms with E-state index in [4.69, 9.17) is 5.73 Å². The number of amides is 2. The van der Waals surface area contributed by atoms with Crippen molar-refractivity contribution in [1.82, 2.24) is 14.9 Å². The summed E-state index contributed by atoms with van der Waals surface area (Å²) in [5.74, 6) is 0.339.